The van der Waals surface area contributed by atoms with E-state index in [2.05, 4.69) is 45.7 Å². The molecule has 0 fully saturated rings. The number of hydrogen-bond donors (Lipinski definition) is 2. The lowest BCUT2D eigenvalue weighted by atomic mass is 10.1. The van der Waals surface area contributed by atoms with E-state index in [1.54, 1.807) is 12.1 Å². The lowest BCUT2D eigenvalue weighted by Crippen LogP contribution is -2.16. The Kier molecular flexibility index (Phi) is 6.55. The summed E-state index contributed by atoms with van der Waals surface area (Å²) >= 11 is 0. The van der Waals surface area contributed by atoms with Gasteiger partial charge in [-0.25, -0.2) is 4.98 Å². The number of benzene rings is 2. The highest BCUT2D eigenvalue weighted by atomic mass is 15.1. The van der Waals surface area contributed by atoms with Crippen molar-refractivity contribution >= 4 is 17.5 Å². The molecule has 0 spiro atoms. The third kappa shape index (κ3) is 5.53. The Labute approximate surface area is 165 Å². The van der Waals surface area contributed by atoms with E-state index >= 15 is 0 Å². The molecule has 0 amide bonds. The molecule has 1 heterocycles. The summed E-state index contributed by atoms with van der Waals surface area (Å²) in [5, 5.41) is 15.6. The van der Waals surface area contributed by atoms with Crippen LogP contribution in [-0.4, -0.2) is 42.1 Å². The molecular weight excluding hydrogens is 348 g/mol. The maximum absolute atomic E-state index is 8.95. The molecule has 2 aromatic carbocycles. The van der Waals surface area contributed by atoms with Gasteiger partial charge in [-0.05, 0) is 51.3 Å². The van der Waals surface area contributed by atoms with Gasteiger partial charge in [0.05, 0.1) is 17.3 Å². The zero-order valence-electron chi connectivity index (χ0n) is 16.2. The van der Waals surface area contributed by atoms with Gasteiger partial charge < -0.3 is 15.5 Å². The van der Waals surface area contributed by atoms with Crippen molar-refractivity contribution in [3.63, 3.8) is 0 Å². The summed E-state index contributed by atoms with van der Waals surface area (Å²) < 4.78 is 0. The van der Waals surface area contributed by atoms with E-state index in [9.17, 15) is 0 Å². The second-order valence-corrected chi connectivity index (χ2v) is 6.73. The molecule has 0 aliphatic heterocycles. The van der Waals surface area contributed by atoms with Gasteiger partial charge in [0.15, 0.2) is 0 Å². The summed E-state index contributed by atoms with van der Waals surface area (Å²) in [7, 11) is 4.13. The van der Waals surface area contributed by atoms with E-state index in [0.717, 1.165) is 42.3 Å². The maximum Gasteiger partial charge on any atom is 0.229 e. The lowest BCUT2D eigenvalue weighted by molar-refractivity contribution is 0.405. The molecule has 0 unspecified atom stereocenters. The van der Waals surface area contributed by atoms with Crippen LogP contribution in [0.15, 0.2) is 60.7 Å². The third-order valence-electron chi connectivity index (χ3n) is 4.15. The van der Waals surface area contributed by atoms with Crippen LogP contribution in [0.4, 0.5) is 17.5 Å². The fourth-order valence-electron chi connectivity index (χ4n) is 2.72. The second-order valence-electron chi connectivity index (χ2n) is 6.73. The number of anilines is 3. The smallest absolute Gasteiger partial charge is 0.229 e. The van der Waals surface area contributed by atoms with Gasteiger partial charge in [0, 0.05) is 23.9 Å². The van der Waals surface area contributed by atoms with Crippen LogP contribution in [0.25, 0.3) is 11.3 Å². The van der Waals surface area contributed by atoms with E-state index in [1.165, 1.54) is 0 Å². The number of nitrogens with zero attached hydrogens (tertiary/aromatic N) is 4. The zero-order valence-corrected chi connectivity index (χ0v) is 16.2. The number of nitrogens with one attached hydrogen (secondary N) is 2. The molecule has 0 saturated carbocycles. The minimum Gasteiger partial charge on any atom is -0.370 e. The van der Waals surface area contributed by atoms with E-state index in [4.69, 9.17) is 5.26 Å². The summed E-state index contributed by atoms with van der Waals surface area (Å²) in [5.74, 6) is 1.30. The van der Waals surface area contributed by atoms with E-state index in [0.29, 0.717) is 11.5 Å². The molecule has 0 saturated heterocycles. The normalized spacial score (nSPS) is 10.5. The van der Waals surface area contributed by atoms with Gasteiger partial charge in [0.2, 0.25) is 5.95 Å². The van der Waals surface area contributed by atoms with E-state index in [1.807, 2.05) is 48.5 Å². The molecule has 2 N–H and O–H groups in total. The molecule has 0 bridgehead atoms. The average molecular weight is 372 g/mol. The molecule has 6 heteroatoms. The fraction of sp³-hybridized carbons (Fsp3) is 0.227. The van der Waals surface area contributed by atoms with Crippen LogP contribution in [-0.2, 0) is 0 Å². The highest BCUT2D eigenvalue weighted by molar-refractivity contribution is 5.66. The predicted molar refractivity (Wildman–Crippen MR) is 114 cm³/mol. The Morgan fingerprint density at radius 2 is 1.75 bits per heavy atom. The van der Waals surface area contributed by atoms with E-state index < -0.39 is 0 Å². The van der Waals surface area contributed by atoms with Gasteiger partial charge in [-0.1, -0.05) is 30.3 Å². The molecule has 0 aliphatic rings. The fourth-order valence-corrected chi connectivity index (χ4v) is 2.72. The van der Waals surface area contributed by atoms with Crippen molar-refractivity contribution in [3.8, 4) is 17.3 Å². The maximum atomic E-state index is 8.95. The standard InChI is InChI=1S/C22H24N6/c1-28(2)14-6-13-24-21-15-20(18-7-4-3-5-8-18)26-22(27-21)25-19-11-9-17(16-23)10-12-19/h3-5,7-12,15H,6,13-14H2,1-2H3,(H2,24,25,26,27). The highest BCUT2D eigenvalue weighted by Crippen LogP contribution is 2.23. The van der Waals surface area contributed by atoms with Gasteiger partial charge in [0.25, 0.3) is 0 Å². The Morgan fingerprint density at radius 3 is 2.43 bits per heavy atom. The van der Waals surface area contributed by atoms with Gasteiger partial charge in [-0.3, -0.25) is 0 Å². The van der Waals surface area contributed by atoms with Crippen molar-refractivity contribution < 1.29 is 0 Å². The van der Waals surface area contributed by atoms with Crippen molar-refractivity contribution in [2.24, 2.45) is 0 Å². The molecule has 142 valence electrons. The minimum atomic E-state index is 0.515. The Hall–Kier alpha value is -3.43. The molecule has 0 radical (unpaired) electrons. The number of nitriles is 1. The van der Waals surface area contributed by atoms with Gasteiger partial charge in [-0.15, -0.1) is 0 Å². The molecule has 28 heavy (non-hydrogen) atoms. The van der Waals surface area contributed by atoms with Crippen molar-refractivity contribution in [2.45, 2.75) is 6.42 Å². The summed E-state index contributed by atoms with van der Waals surface area (Å²) in [6.45, 7) is 1.85. The monoisotopic (exact) mass is 372 g/mol. The van der Waals surface area contributed by atoms with Crippen LogP contribution >= 0.6 is 0 Å². The van der Waals surface area contributed by atoms with Crippen LogP contribution in [0.3, 0.4) is 0 Å². The first-order valence-electron chi connectivity index (χ1n) is 9.24. The van der Waals surface area contributed by atoms with Crippen molar-refractivity contribution in [1.82, 2.24) is 14.9 Å². The first-order chi connectivity index (χ1) is 13.6. The minimum absolute atomic E-state index is 0.515. The molecule has 3 aromatic rings. The Bertz CT molecular complexity index is 929. The first kappa shape index (κ1) is 19.3. The Balaban J connectivity index is 1.82. The largest absolute Gasteiger partial charge is 0.370 e. The molecular formula is C22H24N6. The van der Waals surface area contributed by atoms with Crippen LogP contribution < -0.4 is 10.6 Å². The first-order valence-corrected chi connectivity index (χ1v) is 9.24. The lowest BCUT2D eigenvalue weighted by Gasteiger charge is -2.13. The Morgan fingerprint density at radius 1 is 1.00 bits per heavy atom. The van der Waals surface area contributed by atoms with Crippen LogP contribution in [0.5, 0.6) is 0 Å². The predicted octanol–water partition coefficient (Wildman–Crippen LogP) is 4.12. The number of aromatic nitrogens is 2. The summed E-state index contributed by atoms with van der Waals surface area (Å²) in [6.07, 6.45) is 1.02. The summed E-state index contributed by atoms with van der Waals surface area (Å²) in [6, 6.07) is 21.4. The van der Waals surface area contributed by atoms with Gasteiger partial charge >= 0.3 is 0 Å². The number of rotatable bonds is 8. The van der Waals surface area contributed by atoms with Crippen molar-refractivity contribution in [3.05, 3.63) is 66.2 Å². The summed E-state index contributed by atoms with van der Waals surface area (Å²) in [5.41, 5.74) is 3.33. The molecule has 3 rings (SSSR count). The topological polar surface area (TPSA) is 76.9 Å². The molecule has 1 aromatic heterocycles. The zero-order chi connectivity index (χ0) is 19.8. The molecule has 0 atom stereocenters. The van der Waals surface area contributed by atoms with Gasteiger partial charge in [-0.2, -0.15) is 10.2 Å². The number of hydrogen-bond acceptors (Lipinski definition) is 6. The second kappa shape index (κ2) is 9.49. The quantitative estimate of drug-likeness (QED) is 0.579. The van der Waals surface area contributed by atoms with Gasteiger partial charge in [0.1, 0.15) is 5.82 Å². The van der Waals surface area contributed by atoms with Crippen molar-refractivity contribution in [1.29, 1.82) is 5.26 Å². The van der Waals surface area contributed by atoms with Crippen molar-refractivity contribution in [2.75, 3.05) is 37.8 Å². The van der Waals surface area contributed by atoms with Crippen LogP contribution in [0, 0.1) is 11.3 Å². The molecule has 0 aliphatic carbocycles. The SMILES string of the molecule is CN(C)CCCNc1cc(-c2ccccc2)nc(Nc2ccc(C#N)cc2)n1. The highest BCUT2D eigenvalue weighted by Gasteiger charge is 2.07. The van der Waals surface area contributed by atoms with Crippen LogP contribution in [0.2, 0.25) is 0 Å². The van der Waals surface area contributed by atoms with E-state index in [-0.39, 0.29) is 0 Å². The van der Waals surface area contributed by atoms with Crippen LogP contribution in [0.1, 0.15) is 12.0 Å². The molecule has 6 nitrogen and oxygen atoms in total. The average Bonchev–Trinajstić information content (AvgIpc) is 2.72. The summed E-state index contributed by atoms with van der Waals surface area (Å²) in [4.78, 5) is 11.4. The third-order valence-corrected chi connectivity index (χ3v) is 4.15.